The fourth-order valence-electron chi connectivity index (χ4n) is 1.56. The predicted octanol–water partition coefficient (Wildman–Crippen LogP) is 4.26. The van der Waals surface area contributed by atoms with Crippen molar-refractivity contribution in [1.82, 2.24) is 0 Å². The Hall–Kier alpha value is -2.26. The predicted molar refractivity (Wildman–Crippen MR) is 71.0 cm³/mol. The molecule has 1 aromatic carbocycles. The highest BCUT2D eigenvalue weighted by Gasteiger charge is 2.33. The molecular weight excluding hydrogens is 344 g/mol. The molecular formula is C14H13F6NO3. The largest absolute Gasteiger partial charge is 0.460 e. The molecule has 0 spiro atoms. The van der Waals surface area contributed by atoms with E-state index in [0.717, 1.165) is 18.2 Å². The number of carbonyl (C=O) groups excluding carboxylic acids is 1. The molecule has 4 nitrogen and oxygen atoms in total. The number of oxime groups is 1. The number of rotatable bonds is 5. The molecule has 0 aliphatic rings. The normalized spacial score (nSPS) is 14.0. The molecule has 0 fully saturated rings. The Morgan fingerprint density at radius 1 is 1.17 bits per heavy atom. The second-order valence-corrected chi connectivity index (χ2v) is 4.87. The summed E-state index contributed by atoms with van der Waals surface area (Å²) < 4.78 is 79.1. The van der Waals surface area contributed by atoms with Crippen LogP contribution in [0.1, 0.15) is 31.1 Å². The van der Waals surface area contributed by atoms with Crippen molar-refractivity contribution in [3.05, 3.63) is 35.4 Å². The molecule has 0 aromatic heterocycles. The van der Waals surface area contributed by atoms with Crippen molar-refractivity contribution in [3.63, 3.8) is 0 Å². The number of halogens is 6. The van der Waals surface area contributed by atoms with Crippen molar-refractivity contribution >= 4 is 12.2 Å². The molecule has 1 rings (SSSR count). The van der Waals surface area contributed by atoms with Crippen molar-refractivity contribution in [3.8, 4) is 0 Å². The summed E-state index contributed by atoms with van der Waals surface area (Å²) in [5.41, 5.74) is -1.43. The molecule has 0 heterocycles. The van der Waals surface area contributed by atoms with E-state index < -0.39 is 42.3 Å². The number of alkyl halides is 6. The lowest BCUT2D eigenvalue weighted by atomic mass is 10.1. The first-order chi connectivity index (χ1) is 10.9. The van der Waals surface area contributed by atoms with Gasteiger partial charge in [0.25, 0.3) is 0 Å². The van der Waals surface area contributed by atoms with Crippen molar-refractivity contribution < 1.29 is 40.7 Å². The Kier molecular flexibility index (Phi) is 6.22. The fraction of sp³-hybridized carbons (Fsp3) is 0.429. The van der Waals surface area contributed by atoms with E-state index in [-0.39, 0.29) is 5.56 Å². The Morgan fingerprint density at radius 3 is 2.29 bits per heavy atom. The van der Waals surface area contributed by atoms with E-state index in [9.17, 15) is 31.1 Å². The van der Waals surface area contributed by atoms with Gasteiger partial charge < -0.3 is 9.57 Å². The van der Waals surface area contributed by atoms with Gasteiger partial charge in [0.05, 0.1) is 11.7 Å². The van der Waals surface area contributed by atoms with Gasteiger partial charge in [-0.2, -0.15) is 26.3 Å². The minimum absolute atomic E-state index is 0.338. The number of hydrogen-bond donors (Lipinski definition) is 0. The van der Waals surface area contributed by atoms with Gasteiger partial charge in [-0.1, -0.05) is 17.3 Å². The third-order valence-electron chi connectivity index (χ3n) is 2.45. The SMILES string of the molecule is CC(C)OC(=O)C(ON=CC(F)(F)F)c1cccc(C(F)(F)F)c1. The minimum Gasteiger partial charge on any atom is -0.460 e. The lowest BCUT2D eigenvalue weighted by molar-refractivity contribution is -0.162. The Bertz CT molecular complexity index is 595. The molecule has 0 aliphatic carbocycles. The number of nitrogens with zero attached hydrogens (tertiary/aromatic N) is 1. The number of hydrogen-bond acceptors (Lipinski definition) is 4. The standard InChI is InChI=1S/C14H13F6NO3/c1-8(2)23-12(22)11(24-21-7-13(15,16)17)9-4-3-5-10(6-9)14(18,19)20/h3-8,11H,1-2H3. The van der Waals surface area contributed by atoms with Crippen LogP contribution in [0.3, 0.4) is 0 Å². The molecule has 0 aliphatic heterocycles. The average molecular weight is 357 g/mol. The molecule has 1 atom stereocenters. The lowest BCUT2D eigenvalue weighted by Gasteiger charge is -2.17. The molecule has 0 N–H and O–H groups in total. The van der Waals surface area contributed by atoms with E-state index in [1.165, 1.54) is 13.8 Å². The first-order valence-corrected chi connectivity index (χ1v) is 6.55. The number of carbonyl (C=O) groups is 1. The van der Waals surface area contributed by atoms with Gasteiger partial charge in [-0.15, -0.1) is 0 Å². The monoisotopic (exact) mass is 357 g/mol. The molecule has 10 heteroatoms. The Balaban J connectivity index is 3.13. The second-order valence-electron chi connectivity index (χ2n) is 4.87. The summed E-state index contributed by atoms with van der Waals surface area (Å²) >= 11 is 0. The molecule has 1 unspecified atom stereocenters. The molecule has 134 valence electrons. The zero-order valence-corrected chi connectivity index (χ0v) is 12.5. The summed E-state index contributed by atoms with van der Waals surface area (Å²) in [5.74, 6) is -1.16. The van der Waals surface area contributed by atoms with Crippen LogP contribution >= 0.6 is 0 Å². The van der Waals surface area contributed by atoms with E-state index in [2.05, 4.69) is 9.99 Å². The van der Waals surface area contributed by atoms with Gasteiger partial charge in [0.15, 0.2) is 0 Å². The van der Waals surface area contributed by atoms with E-state index in [0.29, 0.717) is 6.07 Å². The molecule has 24 heavy (non-hydrogen) atoms. The van der Waals surface area contributed by atoms with Gasteiger partial charge in [-0.3, -0.25) is 0 Å². The molecule has 0 saturated carbocycles. The van der Waals surface area contributed by atoms with Crippen LogP contribution in [0.2, 0.25) is 0 Å². The van der Waals surface area contributed by atoms with Gasteiger partial charge in [0.2, 0.25) is 6.10 Å². The van der Waals surface area contributed by atoms with Crippen LogP contribution in [0.25, 0.3) is 0 Å². The first-order valence-electron chi connectivity index (χ1n) is 6.55. The topological polar surface area (TPSA) is 47.9 Å². The summed E-state index contributed by atoms with van der Waals surface area (Å²) in [7, 11) is 0. The maximum atomic E-state index is 12.7. The van der Waals surface area contributed by atoms with Crippen LogP contribution in [0.4, 0.5) is 26.3 Å². The van der Waals surface area contributed by atoms with Crippen LogP contribution in [0, 0.1) is 0 Å². The van der Waals surface area contributed by atoms with E-state index in [4.69, 9.17) is 4.74 Å². The van der Waals surface area contributed by atoms with E-state index in [1.807, 2.05) is 0 Å². The van der Waals surface area contributed by atoms with Gasteiger partial charge in [0.1, 0.15) is 6.21 Å². The van der Waals surface area contributed by atoms with Gasteiger partial charge >= 0.3 is 18.3 Å². The van der Waals surface area contributed by atoms with Crippen molar-refractivity contribution in [2.45, 2.75) is 38.4 Å². The maximum Gasteiger partial charge on any atom is 0.429 e. The lowest BCUT2D eigenvalue weighted by Crippen LogP contribution is -2.22. The summed E-state index contributed by atoms with van der Waals surface area (Å²) in [6, 6.07) is 3.40. The smallest absolute Gasteiger partial charge is 0.429 e. The summed E-state index contributed by atoms with van der Waals surface area (Å²) in [5, 5.41) is 2.61. The highest BCUT2D eigenvalue weighted by atomic mass is 19.4. The molecule has 0 bridgehead atoms. The zero-order chi connectivity index (χ0) is 18.5. The van der Waals surface area contributed by atoms with Crippen LogP contribution in [0.5, 0.6) is 0 Å². The Morgan fingerprint density at radius 2 is 1.79 bits per heavy atom. The van der Waals surface area contributed by atoms with Crippen molar-refractivity contribution in [2.24, 2.45) is 5.16 Å². The first kappa shape index (κ1) is 19.8. The second kappa shape index (κ2) is 7.54. The van der Waals surface area contributed by atoms with Crippen LogP contribution < -0.4 is 0 Å². The molecule has 0 saturated heterocycles. The minimum atomic E-state index is -4.81. The fourth-order valence-corrected chi connectivity index (χ4v) is 1.56. The highest BCUT2D eigenvalue weighted by Crippen LogP contribution is 2.32. The van der Waals surface area contributed by atoms with Crippen LogP contribution in [0.15, 0.2) is 29.4 Å². The highest BCUT2D eigenvalue weighted by molar-refractivity contribution is 5.77. The quantitative estimate of drug-likeness (QED) is 0.342. The summed E-state index contributed by atoms with van der Waals surface area (Å²) in [6.07, 6.45) is -12.6. The molecule has 0 amide bonds. The third kappa shape index (κ3) is 6.47. The maximum absolute atomic E-state index is 12.7. The third-order valence-corrected chi connectivity index (χ3v) is 2.45. The average Bonchev–Trinajstić information content (AvgIpc) is 2.40. The number of ether oxygens (including phenoxy) is 1. The molecule has 1 aromatic rings. The molecule has 0 radical (unpaired) electrons. The summed E-state index contributed by atoms with van der Waals surface area (Å²) in [6.45, 7) is 2.92. The Labute approximate surface area is 133 Å². The van der Waals surface area contributed by atoms with Gasteiger partial charge in [-0.25, -0.2) is 4.79 Å². The van der Waals surface area contributed by atoms with Gasteiger partial charge in [0, 0.05) is 5.56 Å². The zero-order valence-electron chi connectivity index (χ0n) is 12.5. The van der Waals surface area contributed by atoms with E-state index >= 15 is 0 Å². The van der Waals surface area contributed by atoms with Crippen molar-refractivity contribution in [2.75, 3.05) is 0 Å². The van der Waals surface area contributed by atoms with Gasteiger partial charge in [-0.05, 0) is 26.0 Å². The van der Waals surface area contributed by atoms with E-state index in [1.54, 1.807) is 0 Å². The van der Waals surface area contributed by atoms with Crippen LogP contribution in [-0.2, 0) is 20.5 Å². The number of esters is 1. The van der Waals surface area contributed by atoms with Crippen molar-refractivity contribution in [1.29, 1.82) is 0 Å². The number of benzene rings is 1. The summed E-state index contributed by atoms with van der Waals surface area (Å²) in [4.78, 5) is 16.3. The van der Waals surface area contributed by atoms with Crippen LogP contribution in [-0.4, -0.2) is 24.5 Å².